The zero-order valence-corrected chi connectivity index (χ0v) is 19.5. The maximum absolute atomic E-state index is 12.5. The van der Waals surface area contributed by atoms with E-state index in [9.17, 15) is 10.1 Å². The Hall–Kier alpha value is -2.37. The molecule has 0 radical (unpaired) electrons. The van der Waals surface area contributed by atoms with E-state index < -0.39 is 5.54 Å². The zero-order valence-electron chi connectivity index (χ0n) is 18.7. The Bertz CT molecular complexity index is 901. The number of nitrogens with zero attached hydrogens (tertiary/aromatic N) is 5. The van der Waals surface area contributed by atoms with Crippen LogP contribution in [0.3, 0.4) is 0 Å². The summed E-state index contributed by atoms with van der Waals surface area (Å²) in [5.74, 6) is 0.970. The Balaban J connectivity index is 1.72. The molecule has 1 atom stereocenters. The lowest BCUT2D eigenvalue weighted by Crippen LogP contribution is -2.49. The highest BCUT2D eigenvalue weighted by Crippen LogP contribution is 2.22. The van der Waals surface area contributed by atoms with Crippen molar-refractivity contribution in [3.05, 3.63) is 41.7 Å². The second kappa shape index (κ2) is 10.8. The monoisotopic (exact) mass is 440 g/mol. The molecule has 31 heavy (non-hydrogen) atoms. The molecule has 1 fully saturated rings. The summed E-state index contributed by atoms with van der Waals surface area (Å²) in [6, 6.07) is 12.5. The third-order valence-electron chi connectivity index (χ3n) is 5.91. The molecule has 1 aromatic carbocycles. The molecule has 1 aliphatic heterocycles. The molecule has 0 saturated carbocycles. The first-order chi connectivity index (χ1) is 14.9. The molecule has 1 N–H and O–H groups in total. The molecule has 1 aliphatic rings. The number of carbonyl (C=O) groups excluding carboxylic acids is 1. The third-order valence-corrected chi connectivity index (χ3v) is 6.88. The van der Waals surface area contributed by atoms with Gasteiger partial charge in [-0.05, 0) is 44.3 Å². The number of amides is 1. The molecule has 2 heterocycles. The van der Waals surface area contributed by atoms with Crippen molar-refractivity contribution in [3.8, 4) is 6.07 Å². The van der Waals surface area contributed by atoms with Crippen molar-refractivity contribution >= 4 is 17.7 Å². The van der Waals surface area contributed by atoms with Gasteiger partial charge < -0.3 is 9.88 Å². The van der Waals surface area contributed by atoms with Gasteiger partial charge in [0, 0.05) is 0 Å². The van der Waals surface area contributed by atoms with E-state index in [2.05, 4.69) is 43.2 Å². The van der Waals surface area contributed by atoms with E-state index in [1.807, 2.05) is 32.0 Å². The molecule has 166 valence electrons. The van der Waals surface area contributed by atoms with Crippen molar-refractivity contribution in [1.82, 2.24) is 25.0 Å². The van der Waals surface area contributed by atoms with Gasteiger partial charge in [-0.15, -0.1) is 10.2 Å². The van der Waals surface area contributed by atoms with Crippen LogP contribution in [0.2, 0.25) is 0 Å². The number of carbonyl (C=O) groups is 1. The molecule has 1 aromatic heterocycles. The number of piperidine rings is 1. The van der Waals surface area contributed by atoms with Crippen molar-refractivity contribution in [2.24, 2.45) is 5.92 Å². The second-order valence-corrected chi connectivity index (χ2v) is 9.56. The van der Waals surface area contributed by atoms with Gasteiger partial charge in [-0.3, -0.25) is 9.69 Å². The molecule has 1 amide bonds. The first kappa shape index (κ1) is 23.3. The van der Waals surface area contributed by atoms with Crippen LogP contribution >= 0.6 is 11.8 Å². The Labute approximate surface area is 189 Å². The molecular weight excluding hydrogens is 408 g/mol. The van der Waals surface area contributed by atoms with Gasteiger partial charge >= 0.3 is 0 Å². The van der Waals surface area contributed by atoms with Crippen LogP contribution in [0.4, 0.5) is 0 Å². The van der Waals surface area contributed by atoms with Crippen LogP contribution in [-0.4, -0.2) is 50.0 Å². The Morgan fingerprint density at radius 3 is 2.55 bits per heavy atom. The van der Waals surface area contributed by atoms with Gasteiger partial charge in [0.25, 0.3) is 0 Å². The average molecular weight is 441 g/mol. The normalized spacial score (nSPS) is 16.6. The maximum atomic E-state index is 12.5. The van der Waals surface area contributed by atoms with E-state index in [1.165, 1.54) is 36.6 Å². The SMILES string of the molecule is CC(C)[C@@](C)(C#N)NC(=O)CSc1nnc(CN2CCCCC2)n1Cc1ccccc1. The van der Waals surface area contributed by atoms with Crippen LogP contribution in [-0.2, 0) is 17.9 Å². The van der Waals surface area contributed by atoms with E-state index in [0.717, 1.165) is 30.6 Å². The van der Waals surface area contributed by atoms with Gasteiger partial charge in [0.15, 0.2) is 5.16 Å². The minimum absolute atomic E-state index is 0.0179. The molecule has 0 aliphatic carbocycles. The van der Waals surface area contributed by atoms with Gasteiger partial charge in [0.05, 0.1) is 24.9 Å². The first-order valence-electron chi connectivity index (χ1n) is 10.9. The quantitative estimate of drug-likeness (QED) is 0.601. The van der Waals surface area contributed by atoms with E-state index in [4.69, 9.17) is 0 Å². The fourth-order valence-electron chi connectivity index (χ4n) is 3.54. The highest BCUT2D eigenvalue weighted by atomic mass is 32.2. The Morgan fingerprint density at radius 2 is 1.90 bits per heavy atom. The van der Waals surface area contributed by atoms with Crippen molar-refractivity contribution in [3.63, 3.8) is 0 Å². The molecule has 0 spiro atoms. The van der Waals surface area contributed by atoms with Crippen LogP contribution in [0.25, 0.3) is 0 Å². The highest BCUT2D eigenvalue weighted by Gasteiger charge is 2.30. The van der Waals surface area contributed by atoms with Gasteiger partial charge in [-0.2, -0.15) is 5.26 Å². The molecule has 1 saturated heterocycles. The summed E-state index contributed by atoms with van der Waals surface area (Å²) in [5.41, 5.74) is 0.291. The van der Waals surface area contributed by atoms with Crippen LogP contribution in [0.1, 0.15) is 51.4 Å². The minimum atomic E-state index is -0.880. The van der Waals surface area contributed by atoms with E-state index >= 15 is 0 Å². The van der Waals surface area contributed by atoms with Crippen molar-refractivity contribution < 1.29 is 4.79 Å². The van der Waals surface area contributed by atoms with Gasteiger partial charge in [-0.25, -0.2) is 0 Å². The van der Waals surface area contributed by atoms with Crippen molar-refractivity contribution in [1.29, 1.82) is 5.26 Å². The number of nitrogens with one attached hydrogen (secondary N) is 1. The zero-order chi connectivity index (χ0) is 22.3. The van der Waals surface area contributed by atoms with Gasteiger partial charge in [-0.1, -0.05) is 62.4 Å². The fourth-order valence-corrected chi connectivity index (χ4v) is 4.30. The summed E-state index contributed by atoms with van der Waals surface area (Å²) in [4.78, 5) is 15.0. The number of hydrogen-bond donors (Lipinski definition) is 1. The first-order valence-corrected chi connectivity index (χ1v) is 11.9. The largest absolute Gasteiger partial charge is 0.337 e. The number of aromatic nitrogens is 3. The number of rotatable bonds is 9. The number of nitriles is 1. The molecule has 2 aromatic rings. The van der Waals surface area contributed by atoms with Crippen molar-refractivity contribution in [2.45, 2.75) is 63.8 Å². The summed E-state index contributed by atoms with van der Waals surface area (Å²) in [5, 5.41) is 21.9. The second-order valence-electron chi connectivity index (χ2n) is 8.61. The van der Waals surface area contributed by atoms with Crippen LogP contribution in [0, 0.1) is 17.2 Å². The van der Waals surface area contributed by atoms with Crippen molar-refractivity contribution in [2.75, 3.05) is 18.8 Å². The summed E-state index contributed by atoms with van der Waals surface area (Å²) < 4.78 is 2.12. The Morgan fingerprint density at radius 1 is 1.19 bits per heavy atom. The fraction of sp³-hybridized carbons (Fsp3) is 0.565. The molecule has 0 unspecified atom stereocenters. The summed E-state index contributed by atoms with van der Waals surface area (Å²) in [6.07, 6.45) is 3.74. The number of benzene rings is 1. The van der Waals surface area contributed by atoms with E-state index in [1.54, 1.807) is 6.92 Å². The van der Waals surface area contributed by atoms with E-state index in [0.29, 0.717) is 6.54 Å². The Kier molecular flexibility index (Phi) is 8.10. The molecule has 0 bridgehead atoms. The number of likely N-dealkylation sites (tertiary alicyclic amines) is 1. The van der Waals surface area contributed by atoms with Gasteiger partial charge in [0.1, 0.15) is 11.4 Å². The van der Waals surface area contributed by atoms with Crippen LogP contribution in [0.15, 0.2) is 35.5 Å². The topological polar surface area (TPSA) is 86.8 Å². The smallest absolute Gasteiger partial charge is 0.231 e. The molecule has 8 heteroatoms. The summed E-state index contributed by atoms with van der Waals surface area (Å²) in [7, 11) is 0. The average Bonchev–Trinajstić information content (AvgIpc) is 3.14. The third kappa shape index (κ3) is 6.31. The molecule has 3 rings (SSSR count). The standard InChI is InChI=1S/C23H32N6OS/c1-18(2)23(3,17-24)25-21(30)16-31-22-27-26-20(15-28-12-8-5-9-13-28)29(22)14-19-10-6-4-7-11-19/h4,6-7,10-11,18H,5,8-9,12-16H2,1-3H3,(H,25,30)/t23-/m1/s1. The lowest BCUT2D eigenvalue weighted by Gasteiger charge is -2.27. The number of hydrogen-bond acceptors (Lipinski definition) is 6. The summed E-state index contributed by atoms with van der Waals surface area (Å²) in [6.45, 7) is 9.24. The predicted molar refractivity (Wildman–Crippen MR) is 122 cm³/mol. The minimum Gasteiger partial charge on any atom is -0.337 e. The van der Waals surface area contributed by atoms with Crippen LogP contribution < -0.4 is 5.32 Å². The van der Waals surface area contributed by atoms with Crippen LogP contribution in [0.5, 0.6) is 0 Å². The lowest BCUT2D eigenvalue weighted by atomic mass is 9.90. The number of thioether (sulfide) groups is 1. The van der Waals surface area contributed by atoms with E-state index in [-0.39, 0.29) is 17.6 Å². The predicted octanol–water partition coefficient (Wildman–Crippen LogP) is 3.46. The molecular formula is C23H32N6OS. The lowest BCUT2D eigenvalue weighted by molar-refractivity contribution is -0.120. The van der Waals surface area contributed by atoms with Gasteiger partial charge in [0.2, 0.25) is 5.91 Å². The summed E-state index contributed by atoms with van der Waals surface area (Å²) >= 11 is 1.37. The highest BCUT2D eigenvalue weighted by molar-refractivity contribution is 7.99. The maximum Gasteiger partial charge on any atom is 0.231 e. The molecule has 7 nitrogen and oxygen atoms in total.